The van der Waals surface area contributed by atoms with Crippen molar-refractivity contribution in [3.05, 3.63) is 46.8 Å². The lowest BCUT2D eigenvalue weighted by Gasteiger charge is -2.31. The van der Waals surface area contributed by atoms with E-state index in [9.17, 15) is 13.2 Å². The molecule has 0 saturated carbocycles. The van der Waals surface area contributed by atoms with E-state index in [1.165, 1.54) is 10.4 Å². The standard InChI is InChI=1S/C20H18BrN3O5S/c21-13-8-15-17(28-11-19(25)22-15)9-18(13)30(26,27)24-7-3-4-12(10-24)20-23-14-5-1-2-6-16(14)29-20/h1-2,5-6,8-9,12H,3-4,7,10-11H2,(H,22,25). The van der Waals surface area contributed by atoms with Gasteiger partial charge in [0.1, 0.15) is 16.2 Å². The molecule has 5 rings (SSSR count). The number of carbonyl (C=O) groups excluding carboxylic acids is 1. The fraction of sp³-hybridized carbons (Fsp3) is 0.300. The monoisotopic (exact) mass is 491 g/mol. The van der Waals surface area contributed by atoms with E-state index >= 15 is 0 Å². The Morgan fingerprint density at radius 3 is 2.90 bits per heavy atom. The number of amides is 1. The normalized spacial score (nSPS) is 19.9. The van der Waals surface area contributed by atoms with Crippen LogP contribution in [0.3, 0.4) is 0 Å². The molecule has 2 aliphatic rings. The summed E-state index contributed by atoms with van der Waals surface area (Å²) >= 11 is 3.34. The van der Waals surface area contributed by atoms with Gasteiger partial charge in [-0.2, -0.15) is 4.31 Å². The molecule has 0 spiro atoms. The van der Waals surface area contributed by atoms with E-state index in [0.29, 0.717) is 40.3 Å². The Kier molecular flexibility index (Phi) is 4.79. The highest BCUT2D eigenvalue weighted by Crippen LogP contribution is 2.38. The Balaban J connectivity index is 1.45. The van der Waals surface area contributed by atoms with Gasteiger partial charge in [-0.3, -0.25) is 4.79 Å². The van der Waals surface area contributed by atoms with Gasteiger partial charge in [0.05, 0.1) is 5.69 Å². The van der Waals surface area contributed by atoms with Crippen LogP contribution in [0.5, 0.6) is 5.75 Å². The molecule has 156 valence electrons. The summed E-state index contributed by atoms with van der Waals surface area (Å²) in [6.45, 7) is 0.564. The van der Waals surface area contributed by atoms with Gasteiger partial charge >= 0.3 is 0 Å². The molecule has 1 atom stereocenters. The highest BCUT2D eigenvalue weighted by molar-refractivity contribution is 9.10. The van der Waals surface area contributed by atoms with E-state index in [0.717, 1.165) is 11.9 Å². The van der Waals surface area contributed by atoms with Crippen LogP contribution in [0.15, 0.2) is 50.2 Å². The number of hydrogen-bond donors (Lipinski definition) is 1. The molecule has 1 fully saturated rings. The molecule has 1 N–H and O–H groups in total. The number of hydrogen-bond acceptors (Lipinski definition) is 6. The molecule has 2 aliphatic heterocycles. The number of halogens is 1. The molecule has 10 heteroatoms. The maximum absolute atomic E-state index is 13.4. The van der Waals surface area contributed by atoms with Crippen molar-refractivity contribution in [3.8, 4) is 5.75 Å². The number of nitrogens with one attached hydrogen (secondary N) is 1. The van der Waals surface area contributed by atoms with Gasteiger partial charge in [-0.15, -0.1) is 0 Å². The minimum Gasteiger partial charge on any atom is -0.482 e. The molecular formula is C20H18BrN3O5S. The summed E-state index contributed by atoms with van der Waals surface area (Å²) in [6.07, 6.45) is 1.51. The Morgan fingerprint density at radius 2 is 2.07 bits per heavy atom. The SMILES string of the molecule is O=C1COc2cc(S(=O)(=O)N3CCCC(c4nc5ccccc5o4)C3)c(Br)cc2N1. The second kappa shape index (κ2) is 7.36. The Bertz CT molecular complexity index is 1220. The molecule has 3 heterocycles. The zero-order valence-corrected chi connectivity index (χ0v) is 18.2. The lowest BCUT2D eigenvalue weighted by molar-refractivity contribution is -0.118. The predicted molar refractivity (Wildman–Crippen MR) is 113 cm³/mol. The number of para-hydroxylation sites is 2. The van der Waals surface area contributed by atoms with Crippen LogP contribution >= 0.6 is 15.9 Å². The first-order chi connectivity index (χ1) is 14.4. The number of rotatable bonds is 3. The molecule has 1 unspecified atom stereocenters. The topological polar surface area (TPSA) is 102 Å². The minimum absolute atomic E-state index is 0.107. The van der Waals surface area contributed by atoms with Crippen LogP contribution in [0.4, 0.5) is 5.69 Å². The fourth-order valence-electron chi connectivity index (χ4n) is 3.85. The van der Waals surface area contributed by atoms with Gasteiger partial charge < -0.3 is 14.5 Å². The number of ether oxygens (including phenoxy) is 1. The summed E-state index contributed by atoms with van der Waals surface area (Å²) in [7, 11) is -3.79. The van der Waals surface area contributed by atoms with Gasteiger partial charge in [-0.05, 0) is 47.0 Å². The number of benzene rings is 2. The highest BCUT2D eigenvalue weighted by Gasteiger charge is 2.35. The van der Waals surface area contributed by atoms with Crippen molar-refractivity contribution in [1.82, 2.24) is 9.29 Å². The lowest BCUT2D eigenvalue weighted by atomic mass is 10.00. The van der Waals surface area contributed by atoms with Crippen molar-refractivity contribution in [2.75, 3.05) is 25.0 Å². The molecule has 0 aliphatic carbocycles. The van der Waals surface area contributed by atoms with Crippen molar-refractivity contribution in [2.24, 2.45) is 0 Å². The van der Waals surface area contributed by atoms with E-state index in [4.69, 9.17) is 9.15 Å². The van der Waals surface area contributed by atoms with Crippen LogP contribution in [-0.2, 0) is 14.8 Å². The lowest BCUT2D eigenvalue weighted by Crippen LogP contribution is -2.39. The van der Waals surface area contributed by atoms with Crippen LogP contribution < -0.4 is 10.1 Å². The third-order valence-electron chi connectivity index (χ3n) is 5.33. The van der Waals surface area contributed by atoms with Crippen molar-refractivity contribution in [2.45, 2.75) is 23.7 Å². The van der Waals surface area contributed by atoms with E-state index < -0.39 is 10.0 Å². The molecular weight excluding hydrogens is 474 g/mol. The van der Waals surface area contributed by atoms with Gasteiger partial charge in [-0.25, -0.2) is 13.4 Å². The van der Waals surface area contributed by atoms with Crippen LogP contribution in [0.1, 0.15) is 24.7 Å². The van der Waals surface area contributed by atoms with Crippen molar-refractivity contribution in [1.29, 1.82) is 0 Å². The average molecular weight is 492 g/mol. The Morgan fingerprint density at radius 1 is 1.23 bits per heavy atom. The summed E-state index contributed by atoms with van der Waals surface area (Å²) in [5.74, 6) is 0.505. The molecule has 3 aromatic rings. The summed E-state index contributed by atoms with van der Waals surface area (Å²) in [6, 6.07) is 10.5. The maximum Gasteiger partial charge on any atom is 0.262 e. The number of piperidine rings is 1. The van der Waals surface area contributed by atoms with Crippen molar-refractivity contribution < 1.29 is 22.4 Å². The van der Waals surface area contributed by atoms with Crippen LogP contribution in [0.2, 0.25) is 0 Å². The third-order valence-corrected chi connectivity index (χ3v) is 8.15. The predicted octanol–water partition coefficient (Wildman–Crippen LogP) is 3.49. The number of sulfonamides is 1. The van der Waals surface area contributed by atoms with Gasteiger partial charge in [0, 0.05) is 29.5 Å². The Labute approximate surface area is 181 Å². The van der Waals surface area contributed by atoms with Crippen LogP contribution in [0.25, 0.3) is 11.1 Å². The largest absolute Gasteiger partial charge is 0.482 e. The van der Waals surface area contributed by atoms with Crippen LogP contribution in [-0.4, -0.2) is 43.3 Å². The number of anilines is 1. The highest BCUT2D eigenvalue weighted by atomic mass is 79.9. The smallest absolute Gasteiger partial charge is 0.262 e. The second-order valence-electron chi connectivity index (χ2n) is 7.34. The first kappa shape index (κ1) is 19.5. The fourth-order valence-corrected chi connectivity index (χ4v) is 6.39. The second-order valence-corrected chi connectivity index (χ2v) is 10.1. The molecule has 0 bridgehead atoms. The molecule has 1 aromatic heterocycles. The molecule has 0 radical (unpaired) electrons. The first-order valence-electron chi connectivity index (χ1n) is 9.53. The van der Waals surface area contributed by atoms with E-state index in [2.05, 4.69) is 26.2 Å². The van der Waals surface area contributed by atoms with Gasteiger partial charge in [-0.1, -0.05) is 12.1 Å². The quantitative estimate of drug-likeness (QED) is 0.601. The first-order valence-corrected chi connectivity index (χ1v) is 11.8. The number of carbonyl (C=O) groups is 1. The number of nitrogens with zero attached hydrogens (tertiary/aromatic N) is 2. The van der Waals surface area contributed by atoms with Gasteiger partial charge in [0.2, 0.25) is 10.0 Å². The zero-order chi connectivity index (χ0) is 20.9. The van der Waals surface area contributed by atoms with Gasteiger partial charge in [0.15, 0.2) is 18.1 Å². The summed E-state index contributed by atoms with van der Waals surface area (Å²) in [5.41, 5.74) is 1.91. The zero-order valence-electron chi connectivity index (χ0n) is 15.8. The number of fused-ring (bicyclic) bond motifs is 2. The Hall–Kier alpha value is -2.43. The minimum atomic E-state index is -3.79. The van der Waals surface area contributed by atoms with E-state index in [1.54, 1.807) is 6.07 Å². The van der Waals surface area contributed by atoms with Crippen LogP contribution in [0, 0.1) is 0 Å². The van der Waals surface area contributed by atoms with Crippen molar-refractivity contribution >= 4 is 48.6 Å². The van der Waals surface area contributed by atoms with E-state index in [-0.39, 0.29) is 29.9 Å². The molecule has 1 amide bonds. The summed E-state index contributed by atoms with van der Waals surface area (Å²) < 4.78 is 39.9. The molecule has 8 nitrogen and oxygen atoms in total. The number of aromatic nitrogens is 1. The van der Waals surface area contributed by atoms with Crippen molar-refractivity contribution in [3.63, 3.8) is 0 Å². The summed E-state index contributed by atoms with van der Waals surface area (Å²) in [4.78, 5) is 16.2. The molecule has 30 heavy (non-hydrogen) atoms. The maximum atomic E-state index is 13.4. The van der Waals surface area contributed by atoms with Gasteiger partial charge in [0.25, 0.3) is 5.91 Å². The van der Waals surface area contributed by atoms with E-state index in [1.807, 2.05) is 24.3 Å². The summed E-state index contributed by atoms with van der Waals surface area (Å²) in [5, 5.41) is 2.68. The molecule has 1 saturated heterocycles. The number of oxazole rings is 1. The molecule has 2 aromatic carbocycles. The average Bonchev–Trinajstić information content (AvgIpc) is 3.17. The third kappa shape index (κ3) is 3.38.